The molecule has 3 aliphatic rings. The molecule has 1 spiro atoms. The number of aliphatic hydroxyl groups excluding tert-OH is 1. The Labute approximate surface area is 95.1 Å². The van der Waals surface area contributed by atoms with Gasteiger partial charge in [0.2, 0.25) is 5.79 Å². The standard InChI is InChI=1S/C12H18O4/c1-8-7-11(2)10(9(8)13)14-12(16-15-11)5-3-4-6-12/h7,9-10,13H,3-6H2,1-2H3/t9?,10-,11+/m1/s1. The highest BCUT2D eigenvalue weighted by molar-refractivity contribution is 5.26. The Morgan fingerprint density at radius 3 is 2.69 bits per heavy atom. The quantitative estimate of drug-likeness (QED) is 0.504. The van der Waals surface area contributed by atoms with Crippen molar-refractivity contribution in [2.45, 2.75) is 63.1 Å². The van der Waals surface area contributed by atoms with Gasteiger partial charge in [0.1, 0.15) is 17.8 Å². The number of aliphatic hydroxyl groups is 1. The number of fused-ring (bicyclic) bond motifs is 1. The third-order valence-electron chi connectivity index (χ3n) is 3.91. The summed E-state index contributed by atoms with van der Waals surface area (Å²) < 4.78 is 6.00. The first kappa shape index (κ1) is 10.7. The molecule has 1 heterocycles. The van der Waals surface area contributed by atoms with E-state index < -0.39 is 17.5 Å². The molecule has 1 aliphatic heterocycles. The van der Waals surface area contributed by atoms with Crippen LogP contribution in [0.3, 0.4) is 0 Å². The summed E-state index contributed by atoms with van der Waals surface area (Å²) >= 11 is 0. The third kappa shape index (κ3) is 1.37. The first-order chi connectivity index (χ1) is 7.55. The van der Waals surface area contributed by atoms with Gasteiger partial charge < -0.3 is 9.84 Å². The highest BCUT2D eigenvalue weighted by atomic mass is 17.2. The third-order valence-corrected chi connectivity index (χ3v) is 3.91. The van der Waals surface area contributed by atoms with Gasteiger partial charge in [-0.15, -0.1) is 0 Å². The highest BCUT2D eigenvalue weighted by Crippen LogP contribution is 2.46. The van der Waals surface area contributed by atoms with Crippen molar-refractivity contribution >= 4 is 0 Å². The molecular formula is C12H18O4. The smallest absolute Gasteiger partial charge is 0.202 e. The molecule has 2 fully saturated rings. The Morgan fingerprint density at radius 2 is 2.00 bits per heavy atom. The second-order valence-corrected chi connectivity index (χ2v) is 5.34. The summed E-state index contributed by atoms with van der Waals surface area (Å²) in [6, 6.07) is 0. The SMILES string of the molecule is CC1=C[C@]2(C)OOC3(CCCC3)O[C@@H]2C1O. The van der Waals surface area contributed by atoms with Gasteiger partial charge >= 0.3 is 0 Å². The van der Waals surface area contributed by atoms with Crippen LogP contribution in [0, 0.1) is 0 Å². The molecule has 3 rings (SSSR count). The zero-order valence-corrected chi connectivity index (χ0v) is 9.73. The van der Waals surface area contributed by atoms with Crippen molar-refractivity contribution < 1.29 is 19.6 Å². The average Bonchev–Trinajstić information content (AvgIpc) is 2.77. The molecule has 0 bridgehead atoms. The monoisotopic (exact) mass is 226 g/mol. The molecule has 2 aliphatic carbocycles. The lowest BCUT2D eigenvalue weighted by Gasteiger charge is -2.44. The Kier molecular flexibility index (Phi) is 2.20. The Bertz CT molecular complexity index is 332. The molecule has 1 unspecified atom stereocenters. The molecule has 0 aromatic rings. The highest BCUT2D eigenvalue weighted by Gasteiger charge is 2.56. The Hall–Kier alpha value is -0.420. The van der Waals surface area contributed by atoms with Crippen LogP contribution >= 0.6 is 0 Å². The van der Waals surface area contributed by atoms with Crippen LogP contribution in [-0.2, 0) is 14.5 Å². The van der Waals surface area contributed by atoms with Gasteiger partial charge in [-0.05, 0) is 38.3 Å². The van der Waals surface area contributed by atoms with E-state index in [1.54, 1.807) is 0 Å². The molecular weight excluding hydrogens is 208 g/mol. The summed E-state index contributed by atoms with van der Waals surface area (Å²) in [6.45, 7) is 3.78. The maximum Gasteiger partial charge on any atom is 0.202 e. The van der Waals surface area contributed by atoms with Gasteiger partial charge in [0, 0.05) is 12.8 Å². The summed E-state index contributed by atoms with van der Waals surface area (Å²) in [4.78, 5) is 11.0. The molecule has 1 saturated carbocycles. The maximum atomic E-state index is 10.1. The molecule has 0 amide bonds. The molecule has 4 nitrogen and oxygen atoms in total. The van der Waals surface area contributed by atoms with Crippen molar-refractivity contribution in [3.63, 3.8) is 0 Å². The fourth-order valence-electron chi connectivity index (χ4n) is 2.96. The minimum absolute atomic E-state index is 0.334. The Morgan fingerprint density at radius 1 is 1.31 bits per heavy atom. The predicted molar refractivity (Wildman–Crippen MR) is 56.4 cm³/mol. The number of hydrogen-bond donors (Lipinski definition) is 1. The van der Waals surface area contributed by atoms with E-state index in [4.69, 9.17) is 14.5 Å². The number of ether oxygens (including phenoxy) is 1. The summed E-state index contributed by atoms with van der Waals surface area (Å²) in [5, 5.41) is 10.1. The van der Waals surface area contributed by atoms with Crippen molar-refractivity contribution in [2.75, 3.05) is 0 Å². The van der Waals surface area contributed by atoms with Crippen LogP contribution in [0.5, 0.6) is 0 Å². The minimum atomic E-state index is -0.642. The lowest BCUT2D eigenvalue weighted by atomic mass is 10.0. The molecule has 0 radical (unpaired) electrons. The first-order valence-corrected chi connectivity index (χ1v) is 5.97. The number of rotatable bonds is 0. The molecule has 1 N–H and O–H groups in total. The second kappa shape index (κ2) is 3.29. The fraction of sp³-hybridized carbons (Fsp3) is 0.833. The minimum Gasteiger partial charge on any atom is -0.386 e. The van der Waals surface area contributed by atoms with E-state index in [1.165, 1.54) is 0 Å². The summed E-state index contributed by atoms with van der Waals surface area (Å²) in [5.74, 6) is -0.608. The van der Waals surface area contributed by atoms with Crippen molar-refractivity contribution in [1.82, 2.24) is 0 Å². The Balaban J connectivity index is 1.86. The largest absolute Gasteiger partial charge is 0.386 e. The lowest BCUT2D eigenvalue weighted by molar-refractivity contribution is -0.517. The van der Waals surface area contributed by atoms with Gasteiger partial charge in [0.05, 0.1) is 0 Å². The van der Waals surface area contributed by atoms with E-state index in [2.05, 4.69) is 0 Å². The maximum absolute atomic E-state index is 10.1. The van der Waals surface area contributed by atoms with E-state index in [0.717, 1.165) is 31.3 Å². The summed E-state index contributed by atoms with van der Waals surface area (Å²) in [7, 11) is 0. The van der Waals surface area contributed by atoms with E-state index in [1.807, 2.05) is 19.9 Å². The van der Waals surface area contributed by atoms with Crippen LogP contribution < -0.4 is 0 Å². The first-order valence-electron chi connectivity index (χ1n) is 5.97. The van der Waals surface area contributed by atoms with Gasteiger partial charge in [-0.1, -0.05) is 0 Å². The molecule has 16 heavy (non-hydrogen) atoms. The van der Waals surface area contributed by atoms with Gasteiger partial charge in [-0.25, -0.2) is 9.78 Å². The van der Waals surface area contributed by atoms with Crippen molar-refractivity contribution in [3.8, 4) is 0 Å². The van der Waals surface area contributed by atoms with Crippen molar-refractivity contribution in [2.24, 2.45) is 0 Å². The van der Waals surface area contributed by atoms with Crippen LogP contribution in [0.25, 0.3) is 0 Å². The lowest BCUT2D eigenvalue weighted by Crippen LogP contribution is -2.56. The van der Waals surface area contributed by atoms with Crippen molar-refractivity contribution in [3.05, 3.63) is 11.6 Å². The van der Waals surface area contributed by atoms with Crippen LogP contribution in [0.4, 0.5) is 0 Å². The topological polar surface area (TPSA) is 47.9 Å². The van der Waals surface area contributed by atoms with Crippen LogP contribution in [0.1, 0.15) is 39.5 Å². The molecule has 3 atom stereocenters. The molecule has 1 saturated heterocycles. The summed E-state index contributed by atoms with van der Waals surface area (Å²) in [5.41, 5.74) is 0.253. The average molecular weight is 226 g/mol. The van der Waals surface area contributed by atoms with Gasteiger partial charge in [-0.3, -0.25) is 0 Å². The molecule has 0 aromatic carbocycles. The second-order valence-electron chi connectivity index (χ2n) is 5.34. The van der Waals surface area contributed by atoms with Crippen LogP contribution in [-0.4, -0.2) is 28.7 Å². The molecule has 0 aromatic heterocycles. The van der Waals surface area contributed by atoms with Gasteiger partial charge in [0.15, 0.2) is 0 Å². The van der Waals surface area contributed by atoms with Gasteiger partial charge in [-0.2, -0.15) is 0 Å². The van der Waals surface area contributed by atoms with E-state index in [-0.39, 0.29) is 6.10 Å². The van der Waals surface area contributed by atoms with E-state index >= 15 is 0 Å². The summed E-state index contributed by atoms with van der Waals surface area (Å²) in [6.07, 6.45) is 4.87. The predicted octanol–water partition coefficient (Wildman–Crippen LogP) is 1.68. The molecule has 90 valence electrons. The van der Waals surface area contributed by atoms with Crippen LogP contribution in [0.15, 0.2) is 11.6 Å². The zero-order valence-electron chi connectivity index (χ0n) is 9.73. The van der Waals surface area contributed by atoms with E-state index in [9.17, 15) is 5.11 Å². The van der Waals surface area contributed by atoms with Gasteiger partial charge in [0.25, 0.3) is 0 Å². The fourth-order valence-corrected chi connectivity index (χ4v) is 2.96. The van der Waals surface area contributed by atoms with Crippen LogP contribution in [0.2, 0.25) is 0 Å². The normalized spacial score (nSPS) is 45.8. The number of hydrogen-bond acceptors (Lipinski definition) is 4. The molecule has 4 heteroatoms. The van der Waals surface area contributed by atoms with E-state index in [0.29, 0.717) is 0 Å². The van der Waals surface area contributed by atoms with Crippen molar-refractivity contribution in [1.29, 1.82) is 0 Å². The zero-order chi connectivity index (χ0) is 11.4.